The molecule has 0 aliphatic carbocycles. The molecule has 0 fully saturated rings. The fraction of sp³-hybridized carbons (Fsp3) is 0.133. The summed E-state index contributed by atoms with van der Waals surface area (Å²) in [5, 5.41) is 0. The van der Waals surface area contributed by atoms with Crippen LogP contribution in [0.4, 0.5) is 13.2 Å². The lowest BCUT2D eigenvalue weighted by molar-refractivity contribution is 0.0920. The van der Waals surface area contributed by atoms with Gasteiger partial charge in [0, 0.05) is 5.56 Å². The molecule has 0 N–H and O–H groups in total. The van der Waals surface area contributed by atoms with Crippen LogP contribution in [-0.2, 0) is 0 Å². The highest BCUT2D eigenvalue weighted by atomic mass is 19.2. The van der Waals surface area contributed by atoms with Crippen molar-refractivity contribution in [3.63, 3.8) is 0 Å². The lowest BCUT2D eigenvalue weighted by atomic mass is 10.1. The molecule has 104 valence electrons. The van der Waals surface area contributed by atoms with E-state index in [9.17, 15) is 18.0 Å². The minimum Gasteiger partial charge on any atom is -0.485 e. The molecule has 2 aromatic carbocycles. The van der Waals surface area contributed by atoms with Crippen LogP contribution in [0.3, 0.4) is 0 Å². The van der Waals surface area contributed by atoms with Gasteiger partial charge in [-0.05, 0) is 48.9 Å². The third-order valence-corrected chi connectivity index (χ3v) is 2.74. The van der Waals surface area contributed by atoms with Gasteiger partial charge in [-0.1, -0.05) is 0 Å². The minimum absolute atomic E-state index is 0.0173. The Labute approximate surface area is 113 Å². The highest BCUT2D eigenvalue weighted by molar-refractivity contribution is 5.97. The van der Waals surface area contributed by atoms with Gasteiger partial charge in [-0.2, -0.15) is 0 Å². The predicted octanol–water partition coefficient (Wildman–Crippen LogP) is 3.67. The Kier molecular flexibility index (Phi) is 4.08. The van der Waals surface area contributed by atoms with Gasteiger partial charge in [0.05, 0.1) is 0 Å². The maximum absolute atomic E-state index is 13.0. The van der Waals surface area contributed by atoms with Gasteiger partial charge in [-0.25, -0.2) is 13.2 Å². The summed E-state index contributed by atoms with van der Waals surface area (Å²) in [6.07, 6.45) is 0. The van der Waals surface area contributed by atoms with E-state index in [1.54, 1.807) is 6.92 Å². The summed E-state index contributed by atoms with van der Waals surface area (Å²) in [7, 11) is 0. The van der Waals surface area contributed by atoms with Crippen LogP contribution in [0.25, 0.3) is 0 Å². The maximum Gasteiger partial charge on any atom is 0.200 e. The molecule has 20 heavy (non-hydrogen) atoms. The first kappa shape index (κ1) is 14.1. The molecule has 0 unspecified atom stereocenters. The molecule has 2 rings (SSSR count). The summed E-state index contributed by atoms with van der Waals surface area (Å²) in [5.41, 5.74) is 0.562. The average Bonchev–Trinajstić information content (AvgIpc) is 2.40. The molecule has 2 nitrogen and oxygen atoms in total. The highest BCUT2D eigenvalue weighted by Crippen LogP contribution is 2.19. The molecule has 0 aliphatic rings. The van der Waals surface area contributed by atoms with E-state index in [0.717, 1.165) is 12.1 Å². The van der Waals surface area contributed by atoms with Crippen molar-refractivity contribution in [2.75, 3.05) is 6.61 Å². The monoisotopic (exact) mass is 280 g/mol. The molecule has 0 amide bonds. The number of ketones is 1. The van der Waals surface area contributed by atoms with Crippen molar-refractivity contribution in [3.8, 4) is 5.75 Å². The van der Waals surface area contributed by atoms with Gasteiger partial charge in [-0.15, -0.1) is 0 Å². The number of carbonyl (C=O) groups excluding carboxylic acids is 1. The van der Waals surface area contributed by atoms with E-state index >= 15 is 0 Å². The fourth-order valence-electron chi connectivity index (χ4n) is 1.67. The Bertz CT molecular complexity index is 654. The van der Waals surface area contributed by atoms with Gasteiger partial charge in [0.1, 0.15) is 11.6 Å². The zero-order valence-electron chi connectivity index (χ0n) is 10.6. The van der Waals surface area contributed by atoms with Crippen LogP contribution in [0, 0.1) is 24.4 Å². The van der Waals surface area contributed by atoms with Crippen LogP contribution >= 0.6 is 0 Å². The molecule has 0 aromatic heterocycles. The van der Waals surface area contributed by atoms with Crippen LogP contribution in [-0.4, -0.2) is 12.4 Å². The summed E-state index contributed by atoms with van der Waals surface area (Å²) in [6.45, 7) is 1.30. The molecule has 0 bridgehead atoms. The van der Waals surface area contributed by atoms with E-state index in [0.29, 0.717) is 11.3 Å². The fourth-order valence-corrected chi connectivity index (χ4v) is 1.67. The van der Waals surface area contributed by atoms with Crippen molar-refractivity contribution in [2.45, 2.75) is 6.92 Å². The van der Waals surface area contributed by atoms with Crippen molar-refractivity contribution >= 4 is 5.78 Å². The smallest absolute Gasteiger partial charge is 0.200 e. The zero-order chi connectivity index (χ0) is 14.7. The molecule has 0 aliphatic heterocycles. The number of aryl methyl sites for hydroxylation is 1. The first-order chi connectivity index (χ1) is 9.47. The van der Waals surface area contributed by atoms with Crippen molar-refractivity contribution in [2.24, 2.45) is 0 Å². The Hall–Kier alpha value is -2.30. The van der Waals surface area contributed by atoms with Crippen molar-refractivity contribution in [1.29, 1.82) is 0 Å². The van der Waals surface area contributed by atoms with Gasteiger partial charge in [0.15, 0.2) is 24.0 Å². The summed E-state index contributed by atoms with van der Waals surface area (Å²) in [4.78, 5) is 11.8. The number of rotatable bonds is 4. The number of hydrogen-bond acceptors (Lipinski definition) is 2. The Balaban J connectivity index is 2.06. The molecular formula is C15H11F3O2. The Morgan fingerprint density at radius 2 is 1.80 bits per heavy atom. The topological polar surface area (TPSA) is 26.3 Å². The summed E-state index contributed by atoms with van der Waals surface area (Å²) in [5.74, 6) is -2.64. The number of benzene rings is 2. The summed E-state index contributed by atoms with van der Waals surface area (Å²) < 4.78 is 43.9. The second-order valence-corrected chi connectivity index (χ2v) is 4.25. The van der Waals surface area contributed by atoms with Crippen LogP contribution in [0.5, 0.6) is 5.75 Å². The first-order valence-electron chi connectivity index (χ1n) is 5.84. The first-order valence-corrected chi connectivity index (χ1v) is 5.84. The van der Waals surface area contributed by atoms with Gasteiger partial charge in [0.25, 0.3) is 0 Å². The maximum atomic E-state index is 13.0. The van der Waals surface area contributed by atoms with Crippen LogP contribution < -0.4 is 4.74 Å². The second-order valence-electron chi connectivity index (χ2n) is 4.25. The lowest BCUT2D eigenvalue weighted by Crippen LogP contribution is -2.12. The van der Waals surface area contributed by atoms with Gasteiger partial charge >= 0.3 is 0 Å². The van der Waals surface area contributed by atoms with Crippen molar-refractivity contribution in [1.82, 2.24) is 0 Å². The minimum atomic E-state index is -1.09. The Morgan fingerprint density at radius 1 is 1.05 bits per heavy atom. The van der Waals surface area contributed by atoms with E-state index in [4.69, 9.17) is 4.74 Å². The largest absolute Gasteiger partial charge is 0.485 e. The standard InChI is InChI=1S/C15H11F3O2/c1-9-6-11(16)3-5-15(9)20-8-14(19)10-2-4-12(17)13(18)7-10/h2-7H,8H2,1H3. The van der Waals surface area contributed by atoms with Crippen LogP contribution in [0.1, 0.15) is 15.9 Å². The number of hydrogen-bond donors (Lipinski definition) is 0. The second kappa shape index (κ2) is 5.77. The quantitative estimate of drug-likeness (QED) is 0.799. The number of ether oxygens (including phenoxy) is 1. The van der Waals surface area contributed by atoms with E-state index in [1.807, 2.05) is 0 Å². The van der Waals surface area contributed by atoms with Gasteiger partial charge < -0.3 is 4.74 Å². The van der Waals surface area contributed by atoms with E-state index in [2.05, 4.69) is 0 Å². The van der Waals surface area contributed by atoms with E-state index in [1.165, 1.54) is 24.3 Å². The molecule has 2 aromatic rings. The third-order valence-electron chi connectivity index (χ3n) is 2.74. The van der Waals surface area contributed by atoms with Gasteiger partial charge in [-0.3, -0.25) is 4.79 Å². The van der Waals surface area contributed by atoms with Gasteiger partial charge in [0.2, 0.25) is 0 Å². The molecule has 0 heterocycles. The number of halogens is 3. The van der Waals surface area contributed by atoms with E-state index < -0.39 is 23.2 Å². The molecule has 0 saturated carbocycles. The SMILES string of the molecule is Cc1cc(F)ccc1OCC(=O)c1ccc(F)c(F)c1. The van der Waals surface area contributed by atoms with E-state index in [-0.39, 0.29) is 12.2 Å². The number of Topliss-reactive ketones (excluding diaryl/α,β-unsaturated/α-hetero) is 1. The highest BCUT2D eigenvalue weighted by Gasteiger charge is 2.11. The van der Waals surface area contributed by atoms with Crippen molar-refractivity contribution in [3.05, 3.63) is 65.0 Å². The lowest BCUT2D eigenvalue weighted by Gasteiger charge is -2.08. The molecule has 0 radical (unpaired) electrons. The van der Waals surface area contributed by atoms with Crippen LogP contribution in [0.15, 0.2) is 36.4 Å². The third kappa shape index (κ3) is 3.17. The van der Waals surface area contributed by atoms with Crippen molar-refractivity contribution < 1.29 is 22.7 Å². The average molecular weight is 280 g/mol. The van der Waals surface area contributed by atoms with Crippen LogP contribution in [0.2, 0.25) is 0 Å². The molecule has 0 atom stereocenters. The molecule has 5 heteroatoms. The Morgan fingerprint density at radius 3 is 2.45 bits per heavy atom. The normalized spacial score (nSPS) is 10.4. The summed E-state index contributed by atoms with van der Waals surface area (Å²) in [6, 6.07) is 6.77. The molecular weight excluding hydrogens is 269 g/mol. The predicted molar refractivity (Wildman–Crippen MR) is 67.3 cm³/mol. The zero-order valence-corrected chi connectivity index (χ0v) is 10.6. The summed E-state index contributed by atoms with van der Waals surface area (Å²) >= 11 is 0. The number of carbonyl (C=O) groups is 1. The molecule has 0 spiro atoms. The molecule has 0 saturated heterocycles.